The lowest BCUT2D eigenvalue weighted by molar-refractivity contribution is 0.391. The van der Waals surface area contributed by atoms with Crippen molar-refractivity contribution in [3.05, 3.63) is 92.9 Å². The molecule has 4 rings (SSSR count). The fraction of sp³-hybridized carbons (Fsp3) is 0.160. The second-order valence-electron chi connectivity index (χ2n) is 8.05. The van der Waals surface area contributed by atoms with Crippen LogP contribution in [-0.2, 0) is 16.6 Å². The highest BCUT2D eigenvalue weighted by molar-refractivity contribution is 7.93. The topological polar surface area (TPSA) is 107 Å². The van der Waals surface area contributed by atoms with Crippen molar-refractivity contribution in [1.82, 2.24) is 4.98 Å². The van der Waals surface area contributed by atoms with Gasteiger partial charge in [-0.3, -0.25) is 0 Å². The number of ether oxygens (including phenoxy) is 2. The molecule has 0 aliphatic rings. The van der Waals surface area contributed by atoms with E-state index in [-0.39, 0.29) is 33.0 Å². The second kappa shape index (κ2) is 11.9. The number of nitrogens with two attached hydrogens (primary N) is 1. The average molecular weight is 616 g/mol. The highest BCUT2D eigenvalue weighted by Gasteiger charge is 2.32. The van der Waals surface area contributed by atoms with Crippen molar-refractivity contribution < 1.29 is 26.7 Å². The molecule has 0 amide bonds. The lowest BCUT2D eigenvalue weighted by Gasteiger charge is -2.24. The number of halogens is 4. The maximum atomic E-state index is 15.4. The first kappa shape index (κ1) is 28.8. The number of anilines is 2. The summed E-state index contributed by atoms with van der Waals surface area (Å²) in [6, 6.07) is 10.5. The molecule has 0 fully saturated rings. The van der Waals surface area contributed by atoms with Crippen LogP contribution in [0.1, 0.15) is 17.3 Å². The maximum absolute atomic E-state index is 15.4. The van der Waals surface area contributed by atoms with E-state index in [9.17, 15) is 12.8 Å². The Kier molecular flexibility index (Phi) is 8.82. The van der Waals surface area contributed by atoms with Gasteiger partial charge in [0.05, 0.1) is 31.5 Å². The van der Waals surface area contributed by atoms with Gasteiger partial charge in [0.1, 0.15) is 34.2 Å². The Morgan fingerprint density at radius 1 is 1.08 bits per heavy atom. The molecule has 3 aromatic carbocycles. The van der Waals surface area contributed by atoms with Gasteiger partial charge in [-0.05, 0) is 42.5 Å². The molecule has 3 N–H and O–H groups in total. The fourth-order valence-corrected chi connectivity index (χ4v) is 6.49. The van der Waals surface area contributed by atoms with Crippen molar-refractivity contribution in [2.75, 3.05) is 23.8 Å². The summed E-state index contributed by atoms with van der Waals surface area (Å²) in [5.41, 5.74) is 6.49. The van der Waals surface area contributed by atoms with Gasteiger partial charge in [0.15, 0.2) is 5.13 Å². The molecular weight excluding hydrogens is 593 g/mol. The zero-order valence-corrected chi connectivity index (χ0v) is 23.6. The minimum Gasteiger partial charge on any atom is -0.497 e. The van der Waals surface area contributed by atoms with Gasteiger partial charge in [-0.1, -0.05) is 23.2 Å². The van der Waals surface area contributed by atoms with Crippen LogP contribution >= 0.6 is 34.5 Å². The summed E-state index contributed by atoms with van der Waals surface area (Å²) in [7, 11) is -1.60. The van der Waals surface area contributed by atoms with Crippen LogP contribution < -0.4 is 24.8 Å². The van der Waals surface area contributed by atoms with Crippen LogP contribution in [0.4, 0.5) is 19.6 Å². The molecule has 0 radical (unpaired) electrons. The zero-order valence-electron chi connectivity index (χ0n) is 20.5. The third-order valence-electron chi connectivity index (χ3n) is 5.63. The van der Waals surface area contributed by atoms with Gasteiger partial charge in [0, 0.05) is 33.8 Å². The van der Waals surface area contributed by atoms with Crippen molar-refractivity contribution in [2.45, 2.75) is 17.6 Å². The van der Waals surface area contributed by atoms with Crippen LogP contribution in [0.5, 0.6) is 11.5 Å². The van der Waals surface area contributed by atoms with Crippen LogP contribution in [0.25, 0.3) is 0 Å². The molecule has 0 aliphatic heterocycles. The Bertz CT molecular complexity index is 1590. The molecule has 39 heavy (non-hydrogen) atoms. The summed E-state index contributed by atoms with van der Waals surface area (Å²) in [6.45, 7) is -0.223. The SMILES string of the molecule is COc1ccc(CN(c2nccs2)S(=O)(=O)c2cc(Cl)c(N[C@@H](N)c3cc(Cl)ccc3F)cc2F)c(OC)c1. The van der Waals surface area contributed by atoms with Gasteiger partial charge in [-0.25, -0.2) is 26.5 Å². The first-order valence-corrected chi connectivity index (χ1v) is 14.2. The Morgan fingerprint density at radius 3 is 2.51 bits per heavy atom. The number of methoxy groups -OCH3 is 2. The van der Waals surface area contributed by atoms with E-state index in [4.69, 9.17) is 38.4 Å². The summed E-state index contributed by atoms with van der Waals surface area (Å²) < 4.78 is 68.8. The normalized spacial score (nSPS) is 12.2. The third-order valence-corrected chi connectivity index (χ3v) is 8.84. The van der Waals surface area contributed by atoms with E-state index in [1.807, 2.05) is 0 Å². The highest BCUT2D eigenvalue weighted by Crippen LogP contribution is 2.36. The number of rotatable bonds is 10. The molecule has 0 bridgehead atoms. The van der Waals surface area contributed by atoms with Crippen LogP contribution in [0.15, 0.2) is 65.0 Å². The molecule has 0 aliphatic carbocycles. The number of aromatic nitrogens is 1. The monoisotopic (exact) mass is 614 g/mol. The number of nitrogens with one attached hydrogen (secondary N) is 1. The van der Waals surface area contributed by atoms with E-state index >= 15 is 4.39 Å². The van der Waals surface area contributed by atoms with E-state index in [0.717, 1.165) is 33.8 Å². The molecule has 0 spiro atoms. The summed E-state index contributed by atoms with van der Waals surface area (Å²) in [5.74, 6) is -0.866. The predicted octanol–water partition coefficient (Wildman–Crippen LogP) is 6.21. The summed E-state index contributed by atoms with van der Waals surface area (Å²) in [5, 5.41) is 4.48. The van der Waals surface area contributed by atoms with E-state index in [1.165, 1.54) is 32.5 Å². The Labute approximate surface area is 237 Å². The van der Waals surface area contributed by atoms with Crippen LogP contribution in [0.2, 0.25) is 10.0 Å². The molecule has 14 heteroatoms. The lowest BCUT2D eigenvalue weighted by atomic mass is 10.1. The molecule has 1 atom stereocenters. The average Bonchev–Trinajstić information content (AvgIpc) is 3.44. The molecule has 4 aromatic rings. The van der Waals surface area contributed by atoms with Gasteiger partial charge in [-0.2, -0.15) is 0 Å². The van der Waals surface area contributed by atoms with Gasteiger partial charge < -0.3 is 20.5 Å². The first-order valence-electron chi connectivity index (χ1n) is 11.1. The summed E-state index contributed by atoms with van der Waals surface area (Å²) >= 11 is 13.3. The molecule has 0 unspecified atom stereocenters. The molecule has 0 saturated carbocycles. The van der Waals surface area contributed by atoms with Gasteiger partial charge in [0.2, 0.25) is 0 Å². The smallest absolute Gasteiger partial charge is 0.269 e. The van der Waals surface area contributed by atoms with E-state index < -0.39 is 32.7 Å². The van der Waals surface area contributed by atoms with Crippen molar-refractivity contribution >= 4 is 55.4 Å². The Balaban J connectivity index is 1.70. The quantitative estimate of drug-likeness (QED) is 0.204. The number of hydrogen-bond donors (Lipinski definition) is 2. The fourth-order valence-electron chi connectivity index (χ4n) is 3.69. The molecule has 8 nitrogen and oxygen atoms in total. The van der Waals surface area contributed by atoms with Crippen molar-refractivity contribution in [3.8, 4) is 11.5 Å². The summed E-state index contributed by atoms with van der Waals surface area (Å²) in [6.07, 6.45) is 0.276. The van der Waals surface area contributed by atoms with E-state index in [1.54, 1.807) is 23.6 Å². The minimum absolute atomic E-state index is 0.0130. The van der Waals surface area contributed by atoms with Gasteiger partial charge in [-0.15, -0.1) is 11.3 Å². The van der Waals surface area contributed by atoms with Crippen LogP contribution in [0, 0.1) is 11.6 Å². The van der Waals surface area contributed by atoms with Crippen LogP contribution in [0.3, 0.4) is 0 Å². The lowest BCUT2D eigenvalue weighted by Crippen LogP contribution is -2.31. The van der Waals surface area contributed by atoms with Crippen molar-refractivity contribution in [2.24, 2.45) is 5.73 Å². The van der Waals surface area contributed by atoms with Crippen molar-refractivity contribution in [3.63, 3.8) is 0 Å². The molecule has 0 saturated heterocycles. The second-order valence-corrected chi connectivity index (χ2v) is 11.6. The number of thiazole rings is 1. The van der Waals surface area contributed by atoms with Gasteiger partial charge in [0.25, 0.3) is 10.0 Å². The Morgan fingerprint density at radius 2 is 1.85 bits per heavy atom. The first-order chi connectivity index (χ1) is 18.5. The van der Waals surface area contributed by atoms with E-state index in [0.29, 0.717) is 17.1 Å². The standard InChI is InChI=1S/C25H22Cl2F2N4O4S2/c1-36-16-5-3-14(22(10-16)37-2)13-33(25-31-7-8-38-25)39(34,35)23-11-18(27)21(12-20(23)29)32-24(30)17-9-15(26)4-6-19(17)28/h3-12,24,32H,13,30H2,1-2H3/t24-/m1/s1. The predicted molar refractivity (Wildman–Crippen MR) is 148 cm³/mol. The number of sulfonamides is 1. The maximum Gasteiger partial charge on any atom is 0.269 e. The molecule has 1 aromatic heterocycles. The summed E-state index contributed by atoms with van der Waals surface area (Å²) in [4.78, 5) is 3.43. The number of hydrogen-bond acceptors (Lipinski definition) is 8. The number of nitrogens with zero attached hydrogens (tertiary/aromatic N) is 2. The Hall–Kier alpha value is -3.16. The van der Waals surface area contributed by atoms with Gasteiger partial charge >= 0.3 is 0 Å². The van der Waals surface area contributed by atoms with Crippen molar-refractivity contribution in [1.29, 1.82) is 0 Å². The molecule has 1 heterocycles. The highest BCUT2D eigenvalue weighted by atomic mass is 35.5. The molecule has 206 valence electrons. The minimum atomic E-state index is -4.53. The molecular formula is C25H22Cl2F2N4O4S2. The zero-order chi connectivity index (χ0) is 28.3. The van der Waals surface area contributed by atoms with E-state index in [2.05, 4.69) is 10.3 Å². The number of benzene rings is 3. The third kappa shape index (κ3) is 6.20. The largest absolute Gasteiger partial charge is 0.497 e. The van der Waals surface area contributed by atoms with Crippen LogP contribution in [-0.4, -0.2) is 27.6 Å².